The smallest absolute Gasteiger partial charge is 0.311 e. The lowest BCUT2D eigenvalue weighted by atomic mass is 9.84. The lowest BCUT2D eigenvalue weighted by Gasteiger charge is -2.25. The molecule has 108 valence electrons. The van der Waals surface area contributed by atoms with Gasteiger partial charge in [0.15, 0.2) is 0 Å². The molecular weight excluding hydrogens is 367 g/mol. The van der Waals surface area contributed by atoms with Gasteiger partial charge in [-0.05, 0) is 53.5 Å². The summed E-state index contributed by atoms with van der Waals surface area (Å²) in [7, 11) is 0. The molecule has 0 aromatic heterocycles. The van der Waals surface area contributed by atoms with Crippen LogP contribution in [0.25, 0.3) is 0 Å². The summed E-state index contributed by atoms with van der Waals surface area (Å²) in [5.41, 5.74) is 1.17. The summed E-state index contributed by atoms with van der Waals surface area (Å²) in [6.07, 6.45) is 7.24. The van der Waals surface area contributed by atoms with Crippen LogP contribution in [0.1, 0.15) is 56.4 Å². The van der Waals surface area contributed by atoms with Gasteiger partial charge in [-0.15, -0.1) is 0 Å². The Morgan fingerprint density at radius 1 is 1.30 bits per heavy atom. The molecule has 0 heterocycles. The third kappa shape index (κ3) is 4.04. The van der Waals surface area contributed by atoms with Crippen LogP contribution in [0.4, 0.5) is 0 Å². The van der Waals surface area contributed by atoms with Gasteiger partial charge in [-0.1, -0.05) is 25.3 Å². The maximum absolute atomic E-state index is 11.7. The predicted octanol–water partition coefficient (Wildman–Crippen LogP) is 4.22. The zero-order valence-corrected chi connectivity index (χ0v) is 13.6. The summed E-state index contributed by atoms with van der Waals surface area (Å²) >= 11 is 2.32. The lowest BCUT2D eigenvalue weighted by Crippen LogP contribution is -2.13. The highest BCUT2D eigenvalue weighted by atomic mass is 127. The minimum absolute atomic E-state index is 0.152. The summed E-state index contributed by atoms with van der Waals surface area (Å²) in [5.74, 6) is 0.849. The van der Waals surface area contributed by atoms with E-state index >= 15 is 0 Å². The number of ether oxygens (including phenoxy) is 1. The largest absolute Gasteiger partial charge is 0.426 e. The molecule has 1 saturated carbocycles. The zero-order valence-electron chi connectivity index (χ0n) is 11.4. The van der Waals surface area contributed by atoms with Crippen LogP contribution in [0, 0.1) is 3.57 Å². The molecule has 0 spiro atoms. The van der Waals surface area contributed by atoms with E-state index in [-0.39, 0.29) is 18.8 Å². The van der Waals surface area contributed by atoms with E-state index in [1.807, 2.05) is 12.1 Å². The topological polar surface area (TPSA) is 43.4 Å². The Morgan fingerprint density at radius 2 is 2.05 bits per heavy atom. The first-order valence-corrected chi connectivity index (χ1v) is 8.23. The molecule has 0 N–H and O–H groups in total. The molecule has 0 saturated heterocycles. The van der Waals surface area contributed by atoms with Gasteiger partial charge in [-0.3, -0.25) is 4.79 Å². The second-order valence-corrected chi connectivity index (χ2v) is 6.33. The summed E-state index contributed by atoms with van der Waals surface area (Å²) in [6, 6.07) is 5.84. The monoisotopic (exact) mass is 386 g/mol. The van der Waals surface area contributed by atoms with Crippen LogP contribution in [0.2, 0.25) is 0 Å². The number of benzene rings is 1. The minimum Gasteiger partial charge on any atom is -0.426 e. The SMILES string of the molecule is O=CCCC(=O)Oc1cccc(I)c1C1CCCCC1. The Hall–Kier alpha value is -0.910. The Labute approximate surface area is 133 Å². The first kappa shape index (κ1) is 15.5. The van der Waals surface area contributed by atoms with E-state index in [0.29, 0.717) is 11.7 Å². The quantitative estimate of drug-likeness (QED) is 0.329. The molecule has 1 aliphatic carbocycles. The Kier molecular flexibility index (Phi) is 6.01. The van der Waals surface area contributed by atoms with Crippen molar-refractivity contribution in [3.8, 4) is 5.75 Å². The standard InChI is InChI=1S/C16H19IO3/c17-13-8-4-9-14(20-15(19)10-5-11-18)16(13)12-6-2-1-3-7-12/h4,8-9,11-12H,1-3,5-7,10H2. The highest BCUT2D eigenvalue weighted by Crippen LogP contribution is 2.40. The van der Waals surface area contributed by atoms with Gasteiger partial charge in [-0.2, -0.15) is 0 Å². The average molecular weight is 386 g/mol. The first-order chi connectivity index (χ1) is 9.72. The van der Waals surface area contributed by atoms with Crippen molar-refractivity contribution in [1.82, 2.24) is 0 Å². The van der Waals surface area contributed by atoms with E-state index in [0.717, 1.165) is 9.86 Å². The van der Waals surface area contributed by atoms with Crippen LogP contribution in [0.15, 0.2) is 18.2 Å². The van der Waals surface area contributed by atoms with Crippen LogP contribution in [-0.2, 0) is 9.59 Å². The van der Waals surface area contributed by atoms with E-state index in [9.17, 15) is 9.59 Å². The number of hydrogen-bond donors (Lipinski definition) is 0. The molecule has 0 bridgehead atoms. The molecule has 0 amide bonds. The van der Waals surface area contributed by atoms with Crippen molar-refractivity contribution in [3.63, 3.8) is 0 Å². The van der Waals surface area contributed by atoms with Crippen molar-refractivity contribution < 1.29 is 14.3 Å². The highest BCUT2D eigenvalue weighted by Gasteiger charge is 2.22. The Morgan fingerprint density at radius 3 is 2.75 bits per heavy atom. The van der Waals surface area contributed by atoms with Crippen LogP contribution < -0.4 is 4.74 Å². The van der Waals surface area contributed by atoms with Crippen molar-refractivity contribution in [2.45, 2.75) is 50.9 Å². The Bertz CT molecular complexity index is 479. The third-order valence-corrected chi connectivity index (χ3v) is 4.66. The van der Waals surface area contributed by atoms with E-state index < -0.39 is 0 Å². The molecule has 1 aliphatic rings. The highest BCUT2D eigenvalue weighted by molar-refractivity contribution is 14.1. The van der Waals surface area contributed by atoms with Gasteiger partial charge in [-0.25, -0.2) is 0 Å². The molecule has 0 aliphatic heterocycles. The lowest BCUT2D eigenvalue weighted by molar-refractivity contribution is -0.135. The van der Waals surface area contributed by atoms with Crippen molar-refractivity contribution in [3.05, 3.63) is 27.3 Å². The summed E-state index contributed by atoms with van der Waals surface area (Å²) in [4.78, 5) is 22.1. The molecule has 20 heavy (non-hydrogen) atoms. The van der Waals surface area contributed by atoms with Gasteiger partial charge >= 0.3 is 5.97 Å². The van der Waals surface area contributed by atoms with E-state index in [2.05, 4.69) is 28.7 Å². The number of esters is 1. The van der Waals surface area contributed by atoms with Gasteiger partial charge in [0.05, 0.1) is 6.42 Å². The van der Waals surface area contributed by atoms with E-state index in [1.54, 1.807) is 0 Å². The fourth-order valence-corrected chi connectivity index (χ4v) is 3.66. The second-order valence-electron chi connectivity index (χ2n) is 5.17. The normalized spacial score (nSPS) is 15.8. The van der Waals surface area contributed by atoms with Crippen molar-refractivity contribution in [2.75, 3.05) is 0 Å². The predicted molar refractivity (Wildman–Crippen MR) is 85.9 cm³/mol. The maximum atomic E-state index is 11.7. The van der Waals surface area contributed by atoms with Crippen LogP contribution in [-0.4, -0.2) is 12.3 Å². The summed E-state index contributed by atoms with van der Waals surface area (Å²) in [6.45, 7) is 0. The van der Waals surface area contributed by atoms with Crippen LogP contribution in [0.5, 0.6) is 5.75 Å². The number of carbonyl (C=O) groups excluding carboxylic acids is 2. The molecule has 4 heteroatoms. The molecule has 1 aromatic carbocycles. The van der Waals surface area contributed by atoms with Gasteiger partial charge in [0.2, 0.25) is 0 Å². The number of carbonyl (C=O) groups is 2. The van der Waals surface area contributed by atoms with Gasteiger partial charge in [0.25, 0.3) is 0 Å². The van der Waals surface area contributed by atoms with E-state index in [4.69, 9.17) is 4.74 Å². The van der Waals surface area contributed by atoms with Gasteiger partial charge in [0.1, 0.15) is 12.0 Å². The number of halogens is 1. The fourth-order valence-electron chi connectivity index (χ4n) is 2.74. The third-order valence-electron chi connectivity index (χ3n) is 3.72. The molecule has 1 aromatic rings. The molecule has 0 unspecified atom stereocenters. The zero-order chi connectivity index (χ0) is 14.4. The summed E-state index contributed by atoms with van der Waals surface area (Å²) in [5, 5.41) is 0. The first-order valence-electron chi connectivity index (χ1n) is 7.15. The Balaban J connectivity index is 2.17. The fraction of sp³-hybridized carbons (Fsp3) is 0.500. The number of rotatable bonds is 5. The van der Waals surface area contributed by atoms with Crippen molar-refractivity contribution in [1.29, 1.82) is 0 Å². The molecule has 2 rings (SSSR count). The number of aldehydes is 1. The van der Waals surface area contributed by atoms with Crippen LogP contribution >= 0.6 is 22.6 Å². The molecular formula is C16H19IO3. The van der Waals surface area contributed by atoms with E-state index in [1.165, 1.54) is 37.7 Å². The molecule has 3 nitrogen and oxygen atoms in total. The van der Waals surface area contributed by atoms with Crippen molar-refractivity contribution >= 4 is 34.8 Å². The minimum atomic E-state index is -0.323. The number of hydrogen-bond acceptors (Lipinski definition) is 3. The van der Waals surface area contributed by atoms with Crippen LogP contribution in [0.3, 0.4) is 0 Å². The van der Waals surface area contributed by atoms with Gasteiger partial charge < -0.3 is 9.53 Å². The second kappa shape index (κ2) is 7.76. The molecule has 1 fully saturated rings. The van der Waals surface area contributed by atoms with Gasteiger partial charge in [0, 0.05) is 15.6 Å². The molecule has 0 atom stereocenters. The molecule has 0 radical (unpaired) electrons. The maximum Gasteiger partial charge on any atom is 0.311 e. The summed E-state index contributed by atoms with van der Waals surface area (Å²) < 4.78 is 6.64. The average Bonchev–Trinajstić information content (AvgIpc) is 2.46. The van der Waals surface area contributed by atoms with Crippen molar-refractivity contribution in [2.24, 2.45) is 0 Å².